The van der Waals surface area contributed by atoms with Crippen LogP contribution in [0, 0.1) is 0 Å². The maximum absolute atomic E-state index is 12.1. The number of hydrogen-bond donors (Lipinski definition) is 0. The van der Waals surface area contributed by atoms with Crippen molar-refractivity contribution >= 4 is 52.1 Å². The van der Waals surface area contributed by atoms with E-state index in [0.717, 1.165) is 26.9 Å². The van der Waals surface area contributed by atoms with E-state index in [0.29, 0.717) is 23.7 Å². The molecule has 0 radical (unpaired) electrons. The van der Waals surface area contributed by atoms with Crippen LogP contribution in [0.3, 0.4) is 0 Å². The second kappa shape index (κ2) is 9.79. The topological polar surface area (TPSA) is 87.2 Å². The Bertz CT molecular complexity index is 1330. The number of benzene rings is 3. The Morgan fingerprint density at radius 1 is 0.595 bits per heavy atom. The molecule has 0 saturated heterocycles. The highest BCUT2D eigenvalue weighted by atomic mass is 16.5. The third-order valence-corrected chi connectivity index (χ3v) is 5.81. The molecule has 2 heterocycles. The van der Waals surface area contributed by atoms with Crippen LogP contribution in [0.4, 0.5) is 28.4 Å². The van der Waals surface area contributed by atoms with Gasteiger partial charge < -0.3 is 9.64 Å². The lowest BCUT2D eigenvalue weighted by atomic mass is 10.1. The smallest absolute Gasteiger partial charge is 0.258 e. The lowest BCUT2D eigenvalue weighted by molar-refractivity contribution is -0.121. The van der Waals surface area contributed by atoms with Crippen LogP contribution >= 0.6 is 0 Å². The van der Waals surface area contributed by atoms with Crippen LogP contribution in [0.2, 0.25) is 0 Å². The Hall–Kier alpha value is -5.24. The summed E-state index contributed by atoms with van der Waals surface area (Å²) in [4.78, 5) is 52.5. The van der Waals surface area contributed by atoms with Crippen LogP contribution in [0.5, 0.6) is 5.75 Å². The van der Waals surface area contributed by atoms with E-state index in [9.17, 15) is 19.2 Å². The SMILES string of the molecule is C=CCOc1ccc(N(c2ccc(N3C(=O)C=CC3=O)cc2)c2ccc(N3C(=O)C=CC3=O)cc2)cc1. The molecule has 0 aliphatic carbocycles. The molecule has 182 valence electrons. The van der Waals surface area contributed by atoms with E-state index in [1.807, 2.05) is 53.4 Å². The van der Waals surface area contributed by atoms with Crippen molar-refractivity contribution in [1.82, 2.24) is 0 Å². The van der Waals surface area contributed by atoms with E-state index in [1.54, 1.807) is 30.3 Å². The lowest BCUT2D eigenvalue weighted by Crippen LogP contribution is -2.29. The van der Waals surface area contributed by atoms with Gasteiger partial charge >= 0.3 is 0 Å². The molecule has 0 fully saturated rings. The second-order valence-corrected chi connectivity index (χ2v) is 8.15. The Morgan fingerprint density at radius 2 is 0.946 bits per heavy atom. The maximum Gasteiger partial charge on any atom is 0.258 e. The summed E-state index contributed by atoms with van der Waals surface area (Å²) in [5.41, 5.74) is 3.27. The average molecular weight is 492 g/mol. The molecule has 0 atom stereocenters. The molecule has 2 aliphatic rings. The fourth-order valence-electron chi connectivity index (χ4n) is 4.10. The van der Waals surface area contributed by atoms with Gasteiger partial charge in [0.15, 0.2) is 0 Å². The molecule has 0 bridgehead atoms. The zero-order chi connectivity index (χ0) is 25.9. The summed E-state index contributed by atoms with van der Waals surface area (Å²) in [5, 5.41) is 0. The predicted molar refractivity (Wildman–Crippen MR) is 140 cm³/mol. The van der Waals surface area contributed by atoms with E-state index in [2.05, 4.69) is 6.58 Å². The van der Waals surface area contributed by atoms with Crippen molar-refractivity contribution in [1.29, 1.82) is 0 Å². The number of carbonyl (C=O) groups excluding carboxylic acids is 4. The molecule has 0 spiro atoms. The zero-order valence-corrected chi connectivity index (χ0v) is 19.6. The molecule has 4 amide bonds. The lowest BCUT2D eigenvalue weighted by Gasteiger charge is -2.27. The number of imide groups is 2. The minimum absolute atomic E-state index is 0.386. The monoisotopic (exact) mass is 491 g/mol. The second-order valence-electron chi connectivity index (χ2n) is 8.15. The molecule has 0 N–H and O–H groups in total. The van der Waals surface area contributed by atoms with Crippen LogP contribution in [-0.4, -0.2) is 30.2 Å². The Balaban J connectivity index is 1.50. The summed E-state index contributed by atoms with van der Waals surface area (Å²) in [7, 11) is 0. The molecular weight excluding hydrogens is 470 g/mol. The molecule has 2 aliphatic heterocycles. The fraction of sp³-hybridized carbons (Fsp3) is 0.0345. The number of amides is 4. The quantitative estimate of drug-likeness (QED) is 0.339. The van der Waals surface area contributed by atoms with E-state index < -0.39 is 0 Å². The molecule has 0 unspecified atom stereocenters. The summed E-state index contributed by atoms with van der Waals surface area (Å²) < 4.78 is 5.60. The number of anilines is 5. The first kappa shape index (κ1) is 23.5. The minimum Gasteiger partial charge on any atom is -0.490 e. The number of rotatable bonds is 8. The van der Waals surface area contributed by atoms with Crippen LogP contribution in [0.1, 0.15) is 0 Å². The summed E-state index contributed by atoms with van der Waals surface area (Å²) in [6.45, 7) is 4.05. The Kier molecular flexibility index (Phi) is 6.22. The molecule has 37 heavy (non-hydrogen) atoms. The molecule has 8 nitrogen and oxygen atoms in total. The molecule has 3 aromatic rings. The largest absolute Gasteiger partial charge is 0.490 e. The maximum atomic E-state index is 12.1. The van der Waals surface area contributed by atoms with Crippen LogP contribution in [0.25, 0.3) is 0 Å². The normalized spacial score (nSPS) is 14.6. The molecule has 8 heteroatoms. The van der Waals surface area contributed by atoms with Gasteiger partial charge in [-0.05, 0) is 72.8 Å². The van der Waals surface area contributed by atoms with Crippen molar-refractivity contribution in [2.24, 2.45) is 0 Å². The van der Waals surface area contributed by atoms with Gasteiger partial charge in [0, 0.05) is 41.4 Å². The molecule has 5 rings (SSSR count). The van der Waals surface area contributed by atoms with Gasteiger partial charge in [-0.3, -0.25) is 19.2 Å². The van der Waals surface area contributed by atoms with Crippen LogP contribution in [0.15, 0.2) is 110 Å². The number of nitrogens with zero attached hydrogens (tertiary/aromatic N) is 3. The van der Waals surface area contributed by atoms with E-state index in [-0.39, 0.29) is 23.6 Å². The fourth-order valence-corrected chi connectivity index (χ4v) is 4.10. The van der Waals surface area contributed by atoms with Gasteiger partial charge in [-0.1, -0.05) is 12.7 Å². The molecular formula is C29H21N3O5. The highest BCUT2D eigenvalue weighted by molar-refractivity contribution is 6.28. The van der Waals surface area contributed by atoms with Crippen molar-refractivity contribution in [3.05, 3.63) is 110 Å². The van der Waals surface area contributed by atoms with E-state index in [1.165, 1.54) is 24.3 Å². The van der Waals surface area contributed by atoms with Gasteiger partial charge in [-0.15, -0.1) is 0 Å². The minimum atomic E-state index is -0.388. The molecule has 0 saturated carbocycles. The van der Waals surface area contributed by atoms with Crippen molar-refractivity contribution in [2.75, 3.05) is 21.3 Å². The van der Waals surface area contributed by atoms with E-state index in [4.69, 9.17) is 4.74 Å². The first-order chi connectivity index (χ1) is 18.0. The van der Waals surface area contributed by atoms with Gasteiger partial charge in [0.05, 0.1) is 11.4 Å². The van der Waals surface area contributed by atoms with Gasteiger partial charge in [-0.2, -0.15) is 0 Å². The Labute approximate surface area is 213 Å². The predicted octanol–water partition coefficient (Wildman–Crippen LogP) is 4.58. The highest BCUT2D eigenvalue weighted by Gasteiger charge is 2.26. The summed E-state index contributed by atoms with van der Waals surface area (Å²) >= 11 is 0. The highest BCUT2D eigenvalue weighted by Crippen LogP contribution is 2.37. The molecule has 3 aromatic carbocycles. The van der Waals surface area contributed by atoms with Crippen LogP contribution in [-0.2, 0) is 19.2 Å². The van der Waals surface area contributed by atoms with Crippen molar-refractivity contribution in [3.63, 3.8) is 0 Å². The summed E-state index contributed by atoms with van der Waals surface area (Å²) in [6.07, 6.45) is 6.63. The number of hydrogen-bond acceptors (Lipinski definition) is 6. The number of carbonyl (C=O) groups is 4. The Morgan fingerprint density at radius 3 is 1.30 bits per heavy atom. The zero-order valence-electron chi connectivity index (χ0n) is 19.6. The molecule has 0 aromatic heterocycles. The first-order valence-corrected chi connectivity index (χ1v) is 11.4. The van der Waals surface area contributed by atoms with Crippen molar-refractivity contribution in [2.45, 2.75) is 0 Å². The van der Waals surface area contributed by atoms with Crippen molar-refractivity contribution < 1.29 is 23.9 Å². The van der Waals surface area contributed by atoms with Crippen LogP contribution < -0.4 is 19.4 Å². The van der Waals surface area contributed by atoms with Crippen molar-refractivity contribution in [3.8, 4) is 5.75 Å². The summed E-state index contributed by atoms with van der Waals surface area (Å²) in [5.74, 6) is -0.866. The van der Waals surface area contributed by atoms with Gasteiger partial charge in [-0.25, -0.2) is 9.80 Å². The number of ether oxygens (including phenoxy) is 1. The standard InChI is InChI=1S/C29H21N3O5/c1-2-19-37-25-13-11-22(12-14-25)30(20-3-7-23(8-4-20)31-26(33)15-16-27(31)34)21-5-9-24(10-6-21)32-28(35)17-18-29(32)36/h2-18H,1,19H2. The average Bonchev–Trinajstić information content (AvgIpc) is 3.44. The van der Waals surface area contributed by atoms with Gasteiger partial charge in [0.1, 0.15) is 12.4 Å². The van der Waals surface area contributed by atoms with Gasteiger partial charge in [0.25, 0.3) is 23.6 Å². The van der Waals surface area contributed by atoms with Gasteiger partial charge in [0.2, 0.25) is 0 Å². The third-order valence-electron chi connectivity index (χ3n) is 5.81. The third kappa shape index (κ3) is 4.55. The summed E-state index contributed by atoms with van der Waals surface area (Å²) in [6, 6.07) is 21.5. The first-order valence-electron chi connectivity index (χ1n) is 11.4. The van der Waals surface area contributed by atoms with E-state index >= 15 is 0 Å².